The molecule has 0 saturated heterocycles. The third-order valence-corrected chi connectivity index (χ3v) is 2.82. The van der Waals surface area contributed by atoms with Crippen LogP contribution < -0.4 is 4.74 Å². The number of carboxylic acid groups (broad SMARTS) is 1. The summed E-state index contributed by atoms with van der Waals surface area (Å²) in [6.07, 6.45) is 7.84. The van der Waals surface area contributed by atoms with E-state index in [1.165, 1.54) is 6.08 Å². The summed E-state index contributed by atoms with van der Waals surface area (Å²) in [4.78, 5) is 10.5. The molecule has 98 valence electrons. The van der Waals surface area contributed by atoms with E-state index in [9.17, 15) is 4.79 Å². The van der Waals surface area contributed by atoms with E-state index in [-0.39, 0.29) is 0 Å². The zero-order valence-corrected chi connectivity index (χ0v) is 10.8. The Balaban J connectivity index is 2.20. The van der Waals surface area contributed by atoms with Crippen LogP contribution in [0, 0.1) is 0 Å². The summed E-state index contributed by atoms with van der Waals surface area (Å²) in [7, 11) is 0. The molecule has 0 fully saturated rings. The molecule has 3 heteroatoms. The Morgan fingerprint density at radius 1 is 1.37 bits per heavy atom. The molecule has 0 aliphatic carbocycles. The lowest BCUT2D eigenvalue weighted by Gasteiger charge is -2.03. The van der Waals surface area contributed by atoms with E-state index in [2.05, 4.69) is 6.08 Å². The van der Waals surface area contributed by atoms with Gasteiger partial charge in [-0.3, -0.25) is 0 Å². The van der Waals surface area contributed by atoms with Crippen molar-refractivity contribution in [3.63, 3.8) is 0 Å². The Morgan fingerprint density at radius 2 is 2.16 bits per heavy atom. The molecular formula is C16H16O3. The molecule has 0 atom stereocenters. The van der Waals surface area contributed by atoms with Crippen molar-refractivity contribution in [2.45, 2.75) is 13.3 Å². The molecule has 0 bridgehead atoms. The monoisotopic (exact) mass is 256 g/mol. The largest absolute Gasteiger partial charge is 0.493 e. The van der Waals surface area contributed by atoms with Gasteiger partial charge in [-0.15, -0.1) is 0 Å². The van der Waals surface area contributed by atoms with Crippen molar-refractivity contribution >= 4 is 12.0 Å². The van der Waals surface area contributed by atoms with E-state index < -0.39 is 5.97 Å². The first-order valence-corrected chi connectivity index (χ1v) is 6.17. The average Bonchev–Trinajstić information content (AvgIpc) is 2.57. The summed E-state index contributed by atoms with van der Waals surface area (Å²) in [5, 5.41) is 8.65. The molecule has 19 heavy (non-hydrogen) atoms. The van der Waals surface area contributed by atoms with Crippen molar-refractivity contribution in [3.05, 3.63) is 59.2 Å². The standard InChI is InChI=1S/C16H16O3/c1-12(10-16(17)18)6-7-13-8-9-19-15-5-3-2-4-14(15)11-13/h2-7,10-11H,8-9H2,1H3,(H,17,18). The van der Waals surface area contributed by atoms with Gasteiger partial charge in [-0.1, -0.05) is 30.4 Å². The maximum Gasteiger partial charge on any atom is 0.328 e. The quantitative estimate of drug-likeness (QED) is 0.665. The number of hydrogen-bond acceptors (Lipinski definition) is 2. The third-order valence-electron chi connectivity index (χ3n) is 2.82. The molecule has 1 N–H and O–H groups in total. The lowest BCUT2D eigenvalue weighted by Crippen LogP contribution is -1.95. The first-order chi connectivity index (χ1) is 9.15. The molecule has 1 aliphatic rings. The number of para-hydroxylation sites is 1. The van der Waals surface area contributed by atoms with E-state index in [0.717, 1.165) is 23.3 Å². The number of rotatable bonds is 3. The van der Waals surface area contributed by atoms with Crippen molar-refractivity contribution in [2.75, 3.05) is 6.61 Å². The maximum atomic E-state index is 10.5. The lowest BCUT2D eigenvalue weighted by atomic mass is 10.1. The van der Waals surface area contributed by atoms with E-state index in [1.807, 2.05) is 36.4 Å². The van der Waals surface area contributed by atoms with Gasteiger partial charge < -0.3 is 9.84 Å². The van der Waals surface area contributed by atoms with Crippen molar-refractivity contribution in [1.82, 2.24) is 0 Å². The minimum Gasteiger partial charge on any atom is -0.493 e. The van der Waals surface area contributed by atoms with Gasteiger partial charge in [-0.2, -0.15) is 0 Å². The van der Waals surface area contributed by atoms with E-state index in [4.69, 9.17) is 9.84 Å². The highest BCUT2D eigenvalue weighted by Crippen LogP contribution is 2.25. The fraction of sp³-hybridized carbons (Fsp3) is 0.188. The Morgan fingerprint density at radius 3 is 2.95 bits per heavy atom. The number of aliphatic carboxylic acids is 1. The number of ether oxygens (including phenoxy) is 1. The first kappa shape index (κ1) is 13.1. The zero-order chi connectivity index (χ0) is 13.7. The van der Waals surface area contributed by atoms with Crippen molar-refractivity contribution in [3.8, 4) is 5.75 Å². The Bertz CT molecular complexity index is 565. The number of fused-ring (bicyclic) bond motifs is 1. The summed E-state index contributed by atoms with van der Waals surface area (Å²) >= 11 is 0. The van der Waals surface area contributed by atoms with Crippen molar-refractivity contribution in [2.24, 2.45) is 0 Å². The highest BCUT2D eigenvalue weighted by molar-refractivity contribution is 5.81. The fourth-order valence-electron chi connectivity index (χ4n) is 1.89. The van der Waals surface area contributed by atoms with Gasteiger partial charge in [0.2, 0.25) is 0 Å². The SMILES string of the molecule is CC(C=CC1=Cc2ccccc2OCC1)=CC(=O)O. The highest BCUT2D eigenvalue weighted by Gasteiger charge is 2.06. The molecule has 0 saturated carbocycles. The molecular weight excluding hydrogens is 240 g/mol. The number of hydrogen-bond donors (Lipinski definition) is 1. The summed E-state index contributed by atoms with van der Waals surface area (Å²) in [6, 6.07) is 7.89. The molecule has 1 aromatic rings. The van der Waals surface area contributed by atoms with Crippen LogP contribution in [0.5, 0.6) is 5.75 Å². The second kappa shape index (κ2) is 6.05. The van der Waals surface area contributed by atoms with Gasteiger partial charge in [0.25, 0.3) is 0 Å². The van der Waals surface area contributed by atoms with Crippen LogP contribution in [0.3, 0.4) is 0 Å². The van der Waals surface area contributed by atoms with E-state index in [0.29, 0.717) is 12.2 Å². The molecule has 0 aromatic heterocycles. The predicted molar refractivity (Wildman–Crippen MR) is 75.1 cm³/mol. The van der Waals surface area contributed by atoms with Crippen molar-refractivity contribution in [1.29, 1.82) is 0 Å². The van der Waals surface area contributed by atoms with Gasteiger partial charge in [-0.05, 0) is 30.2 Å². The first-order valence-electron chi connectivity index (χ1n) is 6.17. The Kier molecular flexibility index (Phi) is 4.18. The number of carbonyl (C=O) groups is 1. The molecule has 1 heterocycles. The third kappa shape index (κ3) is 3.85. The second-order valence-corrected chi connectivity index (χ2v) is 4.42. The summed E-state index contributed by atoms with van der Waals surface area (Å²) in [5.74, 6) is -0.0330. The fourth-order valence-corrected chi connectivity index (χ4v) is 1.89. The van der Waals surface area contributed by atoms with E-state index in [1.54, 1.807) is 6.92 Å². The zero-order valence-electron chi connectivity index (χ0n) is 10.8. The number of allylic oxidation sites excluding steroid dienone is 3. The Labute approximate surface area is 112 Å². The van der Waals surface area contributed by atoms with Gasteiger partial charge in [0.15, 0.2) is 0 Å². The van der Waals surface area contributed by atoms with Crippen LogP contribution in [0.15, 0.2) is 53.6 Å². The van der Waals surface area contributed by atoms with Gasteiger partial charge in [-0.25, -0.2) is 4.79 Å². The van der Waals surface area contributed by atoms with Crippen LogP contribution in [0.2, 0.25) is 0 Å². The molecule has 0 amide bonds. The summed E-state index contributed by atoms with van der Waals surface area (Å²) in [5.41, 5.74) is 2.90. The van der Waals surface area contributed by atoms with Crippen LogP contribution >= 0.6 is 0 Å². The van der Waals surface area contributed by atoms with Crippen LogP contribution in [-0.2, 0) is 4.79 Å². The van der Waals surface area contributed by atoms with Crippen molar-refractivity contribution < 1.29 is 14.6 Å². The highest BCUT2D eigenvalue weighted by atomic mass is 16.5. The molecule has 0 unspecified atom stereocenters. The summed E-state index contributed by atoms with van der Waals surface area (Å²) < 4.78 is 5.66. The van der Waals surface area contributed by atoms with Crippen LogP contribution in [0.25, 0.3) is 6.08 Å². The molecule has 1 aliphatic heterocycles. The number of carboxylic acids is 1. The van der Waals surface area contributed by atoms with Gasteiger partial charge >= 0.3 is 5.97 Å². The minimum absolute atomic E-state index is 0.634. The van der Waals surface area contributed by atoms with Gasteiger partial charge in [0.05, 0.1) is 6.61 Å². The molecule has 3 nitrogen and oxygen atoms in total. The van der Waals surface area contributed by atoms with Gasteiger partial charge in [0, 0.05) is 18.1 Å². The number of benzene rings is 1. The van der Waals surface area contributed by atoms with Crippen LogP contribution in [0.4, 0.5) is 0 Å². The lowest BCUT2D eigenvalue weighted by molar-refractivity contribution is -0.131. The molecule has 2 rings (SSSR count). The van der Waals surface area contributed by atoms with E-state index >= 15 is 0 Å². The predicted octanol–water partition coefficient (Wildman–Crippen LogP) is 3.44. The summed E-state index contributed by atoms with van der Waals surface area (Å²) in [6.45, 7) is 2.40. The van der Waals surface area contributed by atoms with Gasteiger partial charge in [0.1, 0.15) is 5.75 Å². The van der Waals surface area contributed by atoms with Crippen LogP contribution in [0.1, 0.15) is 18.9 Å². The molecule has 0 spiro atoms. The normalized spacial score (nSPS) is 15.4. The smallest absolute Gasteiger partial charge is 0.328 e. The average molecular weight is 256 g/mol. The molecule has 0 radical (unpaired) electrons. The maximum absolute atomic E-state index is 10.5. The second-order valence-electron chi connectivity index (χ2n) is 4.42. The topological polar surface area (TPSA) is 46.5 Å². The minimum atomic E-state index is -0.925. The van der Waals surface area contributed by atoms with Crippen LogP contribution in [-0.4, -0.2) is 17.7 Å². The molecule has 1 aromatic carbocycles. The Hall–Kier alpha value is -2.29.